The lowest BCUT2D eigenvalue weighted by molar-refractivity contribution is 0.102. The Hall–Kier alpha value is -1.77. The highest BCUT2D eigenvalue weighted by Gasteiger charge is 2.14. The Labute approximate surface area is 120 Å². The van der Waals surface area contributed by atoms with Gasteiger partial charge in [0.05, 0.1) is 10.2 Å². The number of nitrogens with one attached hydrogen (secondary N) is 1. The maximum Gasteiger partial charge on any atom is 0.288 e. The van der Waals surface area contributed by atoms with Crippen LogP contribution in [0.2, 0.25) is 5.02 Å². The van der Waals surface area contributed by atoms with Gasteiger partial charge in [0, 0.05) is 5.02 Å². The number of nitrogens with zero attached hydrogens (tertiary/aromatic N) is 3. The van der Waals surface area contributed by atoms with Gasteiger partial charge in [-0.1, -0.05) is 34.3 Å². The number of fused-ring (bicyclic) bond motifs is 1. The first-order valence-electron chi connectivity index (χ1n) is 5.08. The molecule has 0 spiro atoms. The van der Waals surface area contributed by atoms with E-state index >= 15 is 0 Å². The van der Waals surface area contributed by atoms with Crippen LogP contribution in [-0.2, 0) is 0 Å². The van der Waals surface area contributed by atoms with Crippen molar-refractivity contribution < 1.29 is 4.79 Å². The predicted molar refractivity (Wildman–Crippen MR) is 76.9 cm³/mol. The van der Waals surface area contributed by atoms with E-state index in [2.05, 4.69) is 20.5 Å². The molecule has 1 amide bonds. The van der Waals surface area contributed by atoms with Crippen molar-refractivity contribution in [3.63, 3.8) is 0 Å². The highest BCUT2D eigenvalue weighted by atomic mass is 35.5. The van der Waals surface area contributed by atoms with Gasteiger partial charge in [0.1, 0.15) is 0 Å². The molecule has 19 heavy (non-hydrogen) atoms. The number of aromatic nitrogens is 3. The van der Waals surface area contributed by atoms with Crippen LogP contribution in [0.1, 0.15) is 9.80 Å². The summed E-state index contributed by atoms with van der Waals surface area (Å²) in [6, 6.07) is 5.35. The van der Waals surface area contributed by atoms with Crippen LogP contribution in [-0.4, -0.2) is 21.1 Å². The third-order valence-corrected chi connectivity index (χ3v) is 4.13. The van der Waals surface area contributed by atoms with E-state index in [9.17, 15) is 4.79 Å². The number of nitrogen functional groups attached to an aromatic ring is 1. The third kappa shape index (κ3) is 2.50. The summed E-state index contributed by atoms with van der Waals surface area (Å²) in [5.74, 6) is -0.376. The Kier molecular flexibility index (Phi) is 3.05. The van der Waals surface area contributed by atoms with Crippen molar-refractivity contribution in [1.29, 1.82) is 0 Å². The Bertz CT molecular complexity index is 768. The first kappa shape index (κ1) is 12.3. The maximum atomic E-state index is 11.9. The summed E-state index contributed by atoms with van der Waals surface area (Å²) >= 11 is 8.26. The average Bonchev–Trinajstić information content (AvgIpc) is 2.94. The molecule has 6 nitrogen and oxygen atoms in total. The van der Waals surface area contributed by atoms with Crippen molar-refractivity contribution in [3.05, 3.63) is 28.2 Å². The molecule has 3 rings (SSSR count). The second kappa shape index (κ2) is 4.72. The molecule has 0 radical (unpaired) electrons. The fraction of sp³-hybridized carbons (Fsp3) is 0. The number of nitrogens with two attached hydrogens (primary N) is 1. The summed E-state index contributed by atoms with van der Waals surface area (Å²) < 4.78 is 0.902. The van der Waals surface area contributed by atoms with E-state index in [1.54, 1.807) is 18.2 Å². The van der Waals surface area contributed by atoms with Gasteiger partial charge in [0.15, 0.2) is 5.13 Å². The standard InChI is InChI=1S/C10H6ClN5OS2/c11-4-1-2-5-6(3-4)18-10(13-5)14-7(17)8-15-16-9(12)19-8/h1-3H,(H2,12,16)(H,13,14,17). The van der Waals surface area contributed by atoms with Gasteiger partial charge in [-0.25, -0.2) is 4.98 Å². The summed E-state index contributed by atoms with van der Waals surface area (Å²) in [5.41, 5.74) is 6.20. The molecule has 0 aliphatic heterocycles. The van der Waals surface area contributed by atoms with E-state index in [0.29, 0.717) is 10.2 Å². The molecular formula is C10H6ClN5OS2. The second-order valence-electron chi connectivity index (χ2n) is 3.53. The predicted octanol–water partition coefficient (Wildman–Crippen LogP) is 2.64. The second-order valence-corrected chi connectivity index (χ2v) is 6.01. The lowest BCUT2D eigenvalue weighted by Crippen LogP contribution is -2.11. The molecule has 0 saturated carbocycles. The van der Waals surface area contributed by atoms with Crippen molar-refractivity contribution in [1.82, 2.24) is 15.2 Å². The van der Waals surface area contributed by atoms with E-state index in [-0.39, 0.29) is 16.0 Å². The zero-order valence-corrected chi connectivity index (χ0v) is 11.6. The normalized spacial score (nSPS) is 10.8. The van der Waals surface area contributed by atoms with Crippen molar-refractivity contribution in [2.24, 2.45) is 0 Å². The topological polar surface area (TPSA) is 93.8 Å². The quantitative estimate of drug-likeness (QED) is 0.758. The molecule has 0 aliphatic carbocycles. The number of anilines is 2. The Morgan fingerprint density at radius 3 is 2.89 bits per heavy atom. The van der Waals surface area contributed by atoms with Crippen LogP contribution in [0.5, 0.6) is 0 Å². The van der Waals surface area contributed by atoms with Crippen LogP contribution < -0.4 is 11.1 Å². The van der Waals surface area contributed by atoms with E-state index in [4.69, 9.17) is 17.3 Å². The minimum atomic E-state index is -0.376. The first-order chi connectivity index (χ1) is 9.11. The molecule has 3 N–H and O–H groups in total. The molecule has 2 heterocycles. The van der Waals surface area contributed by atoms with E-state index in [1.165, 1.54) is 11.3 Å². The van der Waals surface area contributed by atoms with Crippen LogP contribution in [0.25, 0.3) is 10.2 Å². The molecule has 96 valence electrons. The molecule has 9 heteroatoms. The van der Waals surface area contributed by atoms with Gasteiger partial charge in [0.2, 0.25) is 10.1 Å². The van der Waals surface area contributed by atoms with E-state index < -0.39 is 0 Å². The fourth-order valence-electron chi connectivity index (χ4n) is 1.43. The number of carbonyl (C=O) groups excluding carboxylic acids is 1. The summed E-state index contributed by atoms with van der Waals surface area (Å²) in [5, 5.41) is 11.5. The molecule has 0 atom stereocenters. The first-order valence-corrected chi connectivity index (χ1v) is 7.09. The molecule has 1 aromatic carbocycles. The van der Waals surface area contributed by atoms with Crippen LogP contribution in [0.3, 0.4) is 0 Å². The largest absolute Gasteiger partial charge is 0.374 e. The van der Waals surface area contributed by atoms with Crippen molar-refractivity contribution in [2.75, 3.05) is 11.1 Å². The van der Waals surface area contributed by atoms with Crippen LogP contribution in [0, 0.1) is 0 Å². The Morgan fingerprint density at radius 2 is 2.16 bits per heavy atom. The van der Waals surface area contributed by atoms with Gasteiger partial charge in [-0.05, 0) is 18.2 Å². The molecule has 3 aromatic rings. The number of benzene rings is 1. The number of thiazole rings is 1. The number of carbonyl (C=O) groups is 1. The number of rotatable bonds is 2. The lowest BCUT2D eigenvalue weighted by atomic mass is 10.3. The SMILES string of the molecule is Nc1nnc(C(=O)Nc2nc3ccc(Cl)cc3s2)s1. The lowest BCUT2D eigenvalue weighted by Gasteiger charge is -1.95. The van der Waals surface area contributed by atoms with Crippen molar-refractivity contribution in [3.8, 4) is 0 Å². The Balaban J connectivity index is 1.87. The van der Waals surface area contributed by atoms with Gasteiger partial charge >= 0.3 is 0 Å². The number of hydrogen-bond donors (Lipinski definition) is 2. The number of hydrogen-bond acceptors (Lipinski definition) is 7. The van der Waals surface area contributed by atoms with Crippen molar-refractivity contribution in [2.45, 2.75) is 0 Å². The summed E-state index contributed by atoms with van der Waals surface area (Å²) in [6.07, 6.45) is 0. The van der Waals surface area contributed by atoms with Gasteiger partial charge in [-0.15, -0.1) is 10.2 Å². The van der Waals surface area contributed by atoms with Gasteiger partial charge in [-0.3, -0.25) is 10.1 Å². The maximum absolute atomic E-state index is 11.9. The Morgan fingerprint density at radius 1 is 1.32 bits per heavy atom. The minimum Gasteiger partial charge on any atom is -0.374 e. The van der Waals surface area contributed by atoms with E-state index in [1.807, 2.05) is 0 Å². The summed E-state index contributed by atoms with van der Waals surface area (Å²) in [4.78, 5) is 16.1. The zero-order valence-electron chi connectivity index (χ0n) is 9.25. The van der Waals surface area contributed by atoms with Gasteiger partial charge < -0.3 is 5.73 Å². The van der Waals surface area contributed by atoms with Gasteiger partial charge in [-0.2, -0.15) is 0 Å². The average molecular weight is 312 g/mol. The highest BCUT2D eigenvalue weighted by molar-refractivity contribution is 7.22. The number of halogens is 1. The van der Waals surface area contributed by atoms with Crippen molar-refractivity contribution >= 4 is 60.7 Å². The van der Waals surface area contributed by atoms with Crippen LogP contribution in [0.15, 0.2) is 18.2 Å². The highest BCUT2D eigenvalue weighted by Crippen LogP contribution is 2.28. The zero-order chi connectivity index (χ0) is 13.4. The molecule has 2 aromatic heterocycles. The summed E-state index contributed by atoms with van der Waals surface area (Å²) in [6.45, 7) is 0. The monoisotopic (exact) mass is 311 g/mol. The molecular weight excluding hydrogens is 306 g/mol. The van der Waals surface area contributed by atoms with E-state index in [0.717, 1.165) is 21.6 Å². The van der Waals surface area contributed by atoms with Crippen LogP contribution >= 0.6 is 34.3 Å². The van der Waals surface area contributed by atoms with Gasteiger partial charge in [0.25, 0.3) is 5.91 Å². The molecule has 0 saturated heterocycles. The molecule has 0 unspecified atom stereocenters. The summed E-state index contributed by atoms with van der Waals surface area (Å²) in [7, 11) is 0. The minimum absolute atomic E-state index is 0.204. The smallest absolute Gasteiger partial charge is 0.288 e. The molecule has 0 bridgehead atoms. The fourth-order valence-corrected chi connectivity index (χ4v) is 3.07. The molecule has 0 aliphatic rings. The number of amides is 1. The van der Waals surface area contributed by atoms with Crippen LogP contribution in [0.4, 0.5) is 10.3 Å². The molecule has 0 fully saturated rings. The third-order valence-electron chi connectivity index (χ3n) is 2.21.